The highest BCUT2D eigenvalue weighted by molar-refractivity contribution is 7.99. The van der Waals surface area contributed by atoms with E-state index in [4.69, 9.17) is 0 Å². The standard InChI is InChI=1S/C26H34O3S/c1-25-11-9-18(28)14-23(25)16(15-30-19-5-3-17(27)4-6-19)13-20-21-7-8-24(29)26(21,2)12-10-22(20)25/h3-6,14,16,20-22,24,27,29H,7-13,15H2,1-2H3/t16?,20-,21-,22+,24?,25+,26-/m0/s1. The van der Waals surface area contributed by atoms with Crippen molar-refractivity contribution in [3.63, 3.8) is 0 Å². The van der Waals surface area contributed by atoms with Crippen molar-refractivity contribution in [2.24, 2.45) is 34.5 Å². The number of phenolic OH excluding ortho intramolecular Hbond substituents is 1. The third-order valence-corrected chi connectivity index (χ3v) is 10.5. The van der Waals surface area contributed by atoms with Crippen LogP contribution >= 0.6 is 11.8 Å². The average molecular weight is 427 g/mol. The van der Waals surface area contributed by atoms with Crippen LogP contribution in [0.15, 0.2) is 40.8 Å². The Bertz CT molecular complexity index is 862. The number of fused-ring (bicyclic) bond motifs is 5. The molecule has 0 radical (unpaired) electrons. The molecule has 4 heteroatoms. The van der Waals surface area contributed by atoms with E-state index in [9.17, 15) is 15.0 Å². The molecule has 1 aromatic carbocycles. The molecule has 3 nitrogen and oxygen atoms in total. The Hall–Kier alpha value is -1.26. The van der Waals surface area contributed by atoms with Crippen LogP contribution in [-0.4, -0.2) is 27.9 Å². The number of benzene rings is 1. The fourth-order valence-electron chi connectivity index (χ4n) is 7.65. The fraction of sp³-hybridized carbons (Fsp3) is 0.654. The van der Waals surface area contributed by atoms with Crippen LogP contribution < -0.4 is 0 Å². The first-order chi connectivity index (χ1) is 14.3. The predicted molar refractivity (Wildman–Crippen MR) is 120 cm³/mol. The van der Waals surface area contributed by atoms with Gasteiger partial charge >= 0.3 is 0 Å². The highest BCUT2D eigenvalue weighted by atomic mass is 32.2. The molecule has 3 fully saturated rings. The maximum absolute atomic E-state index is 12.4. The Morgan fingerprint density at radius 3 is 2.60 bits per heavy atom. The van der Waals surface area contributed by atoms with Gasteiger partial charge in [0, 0.05) is 17.1 Å². The Morgan fingerprint density at radius 1 is 1.07 bits per heavy atom. The zero-order valence-electron chi connectivity index (χ0n) is 18.1. The van der Waals surface area contributed by atoms with Crippen LogP contribution in [0, 0.1) is 34.5 Å². The smallest absolute Gasteiger partial charge is 0.155 e. The maximum atomic E-state index is 12.4. The van der Waals surface area contributed by atoms with Gasteiger partial charge in [0.15, 0.2) is 5.78 Å². The number of thioether (sulfide) groups is 1. The number of aromatic hydroxyl groups is 1. The van der Waals surface area contributed by atoms with Gasteiger partial charge in [-0.1, -0.05) is 19.4 Å². The van der Waals surface area contributed by atoms with E-state index in [1.165, 1.54) is 16.9 Å². The van der Waals surface area contributed by atoms with Gasteiger partial charge in [-0.3, -0.25) is 4.79 Å². The Morgan fingerprint density at radius 2 is 1.83 bits per heavy atom. The van der Waals surface area contributed by atoms with Crippen molar-refractivity contribution in [3.8, 4) is 5.75 Å². The lowest BCUT2D eigenvalue weighted by atomic mass is 9.45. The SMILES string of the molecule is C[C@]12CCC(=O)C=C1C(CSc1ccc(O)cc1)C[C@@H]1[C@H]2CC[C@]2(C)C(O)CC[C@@H]12. The summed E-state index contributed by atoms with van der Waals surface area (Å²) in [4.78, 5) is 13.6. The number of allylic oxidation sites excluding steroid dienone is 1. The van der Waals surface area contributed by atoms with Gasteiger partial charge in [0.05, 0.1) is 6.10 Å². The van der Waals surface area contributed by atoms with E-state index in [0.717, 1.165) is 37.9 Å². The molecule has 4 aliphatic carbocycles. The molecule has 5 rings (SSSR count). The number of hydrogen-bond donors (Lipinski definition) is 2. The van der Waals surface area contributed by atoms with Crippen LogP contribution in [0.25, 0.3) is 0 Å². The Balaban J connectivity index is 1.45. The molecule has 4 aliphatic rings. The van der Waals surface area contributed by atoms with Gasteiger partial charge < -0.3 is 10.2 Å². The van der Waals surface area contributed by atoms with Crippen LogP contribution in [0.1, 0.15) is 58.8 Å². The summed E-state index contributed by atoms with van der Waals surface area (Å²) >= 11 is 1.84. The van der Waals surface area contributed by atoms with Gasteiger partial charge in [0.2, 0.25) is 0 Å². The van der Waals surface area contributed by atoms with Crippen molar-refractivity contribution >= 4 is 17.5 Å². The van der Waals surface area contributed by atoms with Gasteiger partial charge in [-0.25, -0.2) is 0 Å². The highest BCUT2D eigenvalue weighted by Crippen LogP contribution is 2.66. The Labute approximate surface area is 184 Å². The summed E-state index contributed by atoms with van der Waals surface area (Å²) in [6.07, 6.45) is 9.12. The van der Waals surface area contributed by atoms with E-state index in [0.29, 0.717) is 41.6 Å². The molecule has 1 aromatic rings. The molecule has 0 amide bonds. The second kappa shape index (κ2) is 7.41. The zero-order chi connectivity index (χ0) is 21.1. The summed E-state index contributed by atoms with van der Waals surface area (Å²) in [7, 11) is 0. The van der Waals surface area contributed by atoms with Gasteiger partial charge in [-0.2, -0.15) is 0 Å². The van der Waals surface area contributed by atoms with Crippen molar-refractivity contribution in [1.82, 2.24) is 0 Å². The zero-order valence-corrected chi connectivity index (χ0v) is 19.0. The monoisotopic (exact) mass is 426 g/mol. The summed E-state index contributed by atoms with van der Waals surface area (Å²) in [5.74, 6) is 3.92. The number of aliphatic hydroxyl groups excluding tert-OH is 1. The van der Waals surface area contributed by atoms with Crippen molar-refractivity contribution in [2.45, 2.75) is 69.8 Å². The number of hydrogen-bond acceptors (Lipinski definition) is 4. The molecule has 0 aromatic heterocycles. The van der Waals surface area contributed by atoms with Crippen LogP contribution in [0.3, 0.4) is 0 Å². The number of ketones is 1. The van der Waals surface area contributed by atoms with Crippen LogP contribution in [0.2, 0.25) is 0 Å². The lowest BCUT2D eigenvalue weighted by Crippen LogP contribution is -2.53. The number of phenols is 1. The minimum atomic E-state index is -0.147. The van der Waals surface area contributed by atoms with Crippen LogP contribution in [0.4, 0.5) is 0 Å². The summed E-state index contributed by atoms with van der Waals surface area (Å²) < 4.78 is 0. The van der Waals surface area contributed by atoms with E-state index in [1.807, 2.05) is 30.0 Å². The van der Waals surface area contributed by atoms with Crippen LogP contribution in [0.5, 0.6) is 5.75 Å². The third kappa shape index (κ3) is 3.17. The normalized spacial score (nSPS) is 42.8. The second-order valence-electron chi connectivity index (χ2n) is 10.7. The lowest BCUT2D eigenvalue weighted by Gasteiger charge is -2.59. The maximum Gasteiger partial charge on any atom is 0.155 e. The minimum Gasteiger partial charge on any atom is -0.508 e. The first-order valence-electron chi connectivity index (χ1n) is 11.7. The average Bonchev–Trinajstić information content (AvgIpc) is 3.03. The van der Waals surface area contributed by atoms with Crippen LogP contribution in [-0.2, 0) is 4.79 Å². The molecule has 0 aliphatic heterocycles. The molecule has 7 atom stereocenters. The van der Waals surface area contributed by atoms with Gasteiger partial charge in [0.1, 0.15) is 5.75 Å². The van der Waals surface area contributed by atoms with Gasteiger partial charge in [-0.05, 0) is 103 Å². The number of aliphatic hydroxyl groups is 1. The summed E-state index contributed by atoms with van der Waals surface area (Å²) in [5, 5.41) is 20.3. The number of carbonyl (C=O) groups excluding carboxylic acids is 1. The molecule has 0 heterocycles. The molecule has 2 N–H and O–H groups in total. The van der Waals surface area contributed by atoms with E-state index >= 15 is 0 Å². The molecule has 30 heavy (non-hydrogen) atoms. The first kappa shape index (κ1) is 20.6. The summed E-state index contributed by atoms with van der Waals surface area (Å²) in [6.45, 7) is 4.78. The van der Waals surface area contributed by atoms with Crippen molar-refractivity contribution < 1.29 is 15.0 Å². The predicted octanol–water partition coefficient (Wildman–Crippen LogP) is 5.60. The molecule has 0 saturated heterocycles. The van der Waals surface area contributed by atoms with Crippen molar-refractivity contribution in [2.75, 3.05) is 5.75 Å². The number of carbonyl (C=O) groups is 1. The molecule has 3 saturated carbocycles. The van der Waals surface area contributed by atoms with Gasteiger partial charge in [-0.15, -0.1) is 11.8 Å². The fourth-order valence-corrected chi connectivity index (χ4v) is 8.69. The van der Waals surface area contributed by atoms with Crippen molar-refractivity contribution in [1.29, 1.82) is 0 Å². The largest absolute Gasteiger partial charge is 0.508 e. The molecule has 162 valence electrons. The molecule has 0 spiro atoms. The molecule has 2 unspecified atom stereocenters. The molecule has 0 bridgehead atoms. The van der Waals surface area contributed by atoms with E-state index in [2.05, 4.69) is 13.8 Å². The van der Waals surface area contributed by atoms with E-state index < -0.39 is 0 Å². The molecular formula is C26H34O3S. The lowest BCUT2D eigenvalue weighted by molar-refractivity contribution is -0.118. The topological polar surface area (TPSA) is 57.5 Å². The van der Waals surface area contributed by atoms with E-state index in [1.54, 1.807) is 12.1 Å². The third-order valence-electron chi connectivity index (χ3n) is 9.36. The van der Waals surface area contributed by atoms with Crippen molar-refractivity contribution in [3.05, 3.63) is 35.9 Å². The summed E-state index contributed by atoms with van der Waals surface area (Å²) in [6, 6.07) is 7.46. The molecular weight excluding hydrogens is 392 g/mol. The minimum absolute atomic E-state index is 0.0812. The first-order valence-corrected chi connectivity index (χ1v) is 12.6. The summed E-state index contributed by atoms with van der Waals surface area (Å²) in [5.41, 5.74) is 1.62. The quantitative estimate of drug-likeness (QED) is 0.618. The van der Waals surface area contributed by atoms with E-state index in [-0.39, 0.29) is 16.9 Å². The second-order valence-corrected chi connectivity index (χ2v) is 11.8. The van der Waals surface area contributed by atoms with Gasteiger partial charge in [0.25, 0.3) is 0 Å². The highest BCUT2D eigenvalue weighted by Gasteiger charge is 2.60. The number of rotatable bonds is 3. The Kier molecular flexibility index (Phi) is 5.10.